The Labute approximate surface area is 114 Å². The molecule has 2 N–H and O–H groups in total. The van der Waals surface area contributed by atoms with Gasteiger partial charge in [0.05, 0.1) is 0 Å². The summed E-state index contributed by atoms with van der Waals surface area (Å²) in [5.74, 6) is -0.943. The molecular formula is C13H16F4N2O. The van der Waals surface area contributed by atoms with Gasteiger partial charge in [-0.15, -0.1) is 13.2 Å². The lowest BCUT2D eigenvalue weighted by Gasteiger charge is -2.24. The highest BCUT2D eigenvalue weighted by molar-refractivity contribution is 5.30. The second kappa shape index (κ2) is 6.41. The molecule has 0 bridgehead atoms. The average Bonchev–Trinajstić information content (AvgIpc) is 2.39. The summed E-state index contributed by atoms with van der Waals surface area (Å²) in [6.07, 6.45) is -2.93. The molecule has 0 aliphatic carbocycles. The van der Waals surface area contributed by atoms with Gasteiger partial charge in [0.15, 0.2) is 0 Å². The largest absolute Gasteiger partial charge is 0.573 e. The van der Waals surface area contributed by atoms with Crippen molar-refractivity contribution >= 4 is 0 Å². The average molecular weight is 292 g/mol. The van der Waals surface area contributed by atoms with Gasteiger partial charge < -0.3 is 15.4 Å². The molecule has 1 aromatic carbocycles. The molecule has 2 rings (SSSR count). The maximum atomic E-state index is 13.6. The minimum atomic E-state index is -4.77. The summed E-state index contributed by atoms with van der Waals surface area (Å²) in [5, 5.41) is 6.35. The standard InChI is InChI=1S/C13H16F4N2O/c14-12-2-1-11(20-13(15,16)17)7-9(12)8-19-10-3-5-18-6-4-10/h1-2,7,10,18-19H,3-6,8H2. The molecule has 0 amide bonds. The summed E-state index contributed by atoms with van der Waals surface area (Å²) in [5.41, 5.74) is 0.172. The molecular weight excluding hydrogens is 276 g/mol. The predicted molar refractivity (Wildman–Crippen MR) is 65.8 cm³/mol. The Bertz CT molecular complexity index is 444. The lowest BCUT2D eigenvalue weighted by Crippen LogP contribution is -2.39. The molecule has 7 heteroatoms. The zero-order valence-corrected chi connectivity index (χ0v) is 10.8. The van der Waals surface area contributed by atoms with Gasteiger partial charge in [-0.25, -0.2) is 4.39 Å². The third-order valence-electron chi connectivity index (χ3n) is 3.17. The molecule has 0 aromatic heterocycles. The van der Waals surface area contributed by atoms with Crippen LogP contribution in [0.25, 0.3) is 0 Å². The summed E-state index contributed by atoms with van der Waals surface area (Å²) in [6, 6.07) is 3.29. The molecule has 1 aliphatic heterocycles. The fourth-order valence-corrected chi connectivity index (χ4v) is 2.16. The smallest absolute Gasteiger partial charge is 0.406 e. The van der Waals surface area contributed by atoms with Gasteiger partial charge in [-0.2, -0.15) is 0 Å². The SMILES string of the molecule is Fc1ccc(OC(F)(F)F)cc1CNC1CCNCC1. The molecule has 112 valence electrons. The van der Waals surface area contributed by atoms with Gasteiger partial charge in [0.2, 0.25) is 0 Å². The van der Waals surface area contributed by atoms with Gasteiger partial charge in [-0.05, 0) is 44.1 Å². The van der Waals surface area contributed by atoms with Crippen molar-refractivity contribution in [2.45, 2.75) is 31.8 Å². The fourth-order valence-electron chi connectivity index (χ4n) is 2.16. The maximum Gasteiger partial charge on any atom is 0.573 e. The van der Waals surface area contributed by atoms with Crippen molar-refractivity contribution < 1.29 is 22.3 Å². The summed E-state index contributed by atoms with van der Waals surface area (Å²) < 4.78 is 53.7. The minimum Gasteiger partial charge on any atom is -0.406 e. The van der Waals surface area contributed by atoms with Crippen molar-refractivity contribution in [2.24, 2.45) is 0 Å². The van der Waals surface area contributed by atoms with Crippen LogP contribution in [0.1, 0.15) is 18.4 Å². The van der Waals surface area contributed by atoms with E-state index in [0.29, 0.717) is 0 Å². The van der Waals surface area contributed by atoms with Gasteiger partial charge >= 0.3 is 6.36 Å². The molecule has 0 spiro atoms. The maximum absolute atomic E-state index is 13.6. The monoisotopic (exact) mass is 292 g/mol. The third kappa shape index (κ3) is 4.64. The van der Waals surface area contributed by atoms with E-state index in [2.05, 4.69) is 15.4 Å². The van der Waals surface area contributed by atoms with Gasteiger partial charge in [0.25, 0.3) is 0 Å². The highest BCUT2D eigenvalue weighted by Crippen LogP contribution is 2.24. The molecule has 20 heavy (non-hydrogen) atoms. The van der Waals surface area contributed by atoms with Gasteiger partial charge in [-0.3, -0.25) is 0 Å². The van der Waals surface area contributed by atoms with E-state index in [1.54, 1.807) is 0 Å². The Morgan fingerprint density at radius 3 is 2.60 bits per heavy atom. The first-order chi connectivity index (χ1) is 9.44. The van der Waals surface area contributed by atoms with Gasteiger partial charge in [0, 0.05) is 18.2 Å². The fraction of sp³-hybridized carbons (Fsp3) is 0.538. The van der Waals surface area contributed by atoms with Crippen LogP contribution in [0, 0.1) is 5.82 Å². The second-order valence-electron chi connectivity index (χ2n) is 4.71. The van der Waals surface area contributed by atoms with E-state index in [9.17, 15) is 17.6 Å². The van der Waals surface area contributed by atoms with Crippen molar-refractivity contribution in [3.63, 3.8) is 0 Å². The van der Waals surface area contributed by atoms with Crippen LogP contribution >= 0.6 is 0 Å². The number of benzene rings is 1. The topological polar surface area (TPSA) is 33.3 Å². The molecule has 1 aromatic rings. The molecule has 1 heterocycles. The number of rotatable bonds is 4. The van der Waals surface area contributed by atoms with E-state index < -0.39 is 17.9 Å². The van der Waals surface area contributed by atoms with Crippen LogP contribution in [-0.2, 0) is 6.54 Å². The molecule has 1 saturated heterocycles. The Balaban J connectivity index is 1.97. The summed E-state index contributed by atoms with van der Waals surface area (Å²) in [7, 11) is 0. The number of ether oxygens (including phenoxy) is 1. The summed E-state index contributed by atoms with van der Waals surface area (Å²) in [6.45, 7) is 1.96. The zero-order chi connectivity index (χ0) is 14.6. The Morgan fingerprint density at radius 1 is 1.25 bits per heavy atom. The molecule has 3 nitrogen and oxygen atoms in total. The van der Waals surface area contributed by atoms with Crippen molar-refractivity contribution in [3.05, 3.63) is 29.6 Å². The number of alkyl halides is 3. The van der Waals surface area contributed by atoms with Crippen LogP contribution in [-0.4, -0.2) is 25.5 Å². The van der Waals surface area contributed by atoms with Crippen molar-refractivity contribution in [1.82, 2.24) is 10.6 Å². The van der Waals surface area contributed by atoms with Gasteiger partial charge in [-0.1, -0.05) is 0 Å². The van der Waals surface area contributed by atoms with E-state index in [1.807, 2.05) is 0 Å². The molecule has 0 unspecified atom stereocenters. The van der Waals surface area contributed by atoms with E-state index in [0.717, 1.165) is 44.1 Å². The van der Waals surface area contributed by atoms with Crippen LogP contribution < -0.4 is 15.4 Å². The van der Waals surface area contributed by atoms with E-state index >= 15 is 0 Å². The molecule has 1 aliphatic rings. The first-order valence-electron chi connectivity index (χ1n) is 6.42. The summed E-state index contributed by atoms with van der Waals surface area (Å²) in [4.78, 5) is 0. The highest BCUT2D eigenvalue weighted by Gasteiger charge is 2.31. The Kier molecular flexibility index (Phi) is 4.82. The minimum absolute atomic E-state index is 0.172. The number of nitrogens with one attached hydrogen (secondary N) is 2. The lowest BCUT2D eigenvalue weighted by molar-refractivity contribution is -0.274. The second-order valence-corrected chi connectivity index (χ2v) is 4.71. The molecule has 1 fully saturated rings. The number of halogens is 4. The Morgan fingerprint density at radius 2 is 1.95 bits per heavy atom. The number of piperidine rings is 1. The van der Waals surface area contributed by atoms with Crippen molar-refractivity contribution in [3.8, 4) is 5.75 Å². The van der Waals surface area contributed by atoms with Crippen molar-refractivity contribution in [1.29, 1.82) is 0 Å². The van der Waals surface area contributed by atoms with Crippen LogP contribution in [0.2, 0.25) is 0 Å². The summed E-state index contributed by atoms with van der Waals surface area (Å²) >= 11 is 0. The zero-order valence-electron chi connectivity index (χ0n) is 10.8. The molecule has 0 saturated carbocycles. The lowest BCUT2D eigenvalue weighted by atomic mass is 10.1. The Hall–Kier alpha value is -1.34. The predicted octanol–water partition coefficient (Wildman–Crippen LogP) is 2.57. The van der Waals surface area contributed by atoms with Gasteiger partial charge in [0.1, 0.15) is 11.6 Å². The van der Waals surface area contributed by atoms with Crippen molar-refractivity contribution in [2.75, 3.05) is 13.1 Å². The number of hydrogen-bond acceptors (Lipinski definition) is 3. The quantitative estimate of drug-likeness (QED) is 0.837. The van der Waals surface area contributed by atoms with Crippen LogP contribution in [0.5, 0.6) is 5.75 Å². The van der Waals surface area contributed by atoms with Crippen LogP contribution in [0.4, 0.5) is 17.6 Å². The van der Waals surface area contributed by atoms with E-state index in [-0.39, 0.29) is 18.2 Å². The molecule has 0 radical (unpaired) electrons. The third-order valence-corrected chi connectivity index (χ3v) is 3.17. The van der Waals surface area contributed by atoms with Crippen LogP contribution in [0.3, 0.4) is 0 Å². The molecule has 0 atom stereocenters. The number of hydrogen-bond donors (Lipinski definition) is 2. The van der Waals surface area contributed by atoms with Crippen LogP contribution in [0.15, 0.2) is 18.2 Å². The normalized spacial score (nSPS) is 17.2. The van der Waals surface area contributed by atoms with E-state index in [4.69, 9.17) is 0 Å². The first kappa shape index (κ1) is 15.1. The van der Waals surface area contributed by atoms with E-state index in [1.165, 1.54) is 0 Å². The highest BCUT2D eigenvalue weighted by atomic mass is 19.4. The first-order valence-corrected chi connectivity index (χ1v) is 6.42.